The number of hydrogen-bond acceptors (Lipinski definition) is 4. The van der Waals surface area contributed by atoms with Gasteiger partial charge in [-0.2, -0.15) is 0 Å². The molecule has 0 amide bonds. The summed E-state index contributed by atoms with van der Waals surface area (Å²) < 4.78 is 28.5. The van der Waals surface area contributed by atoms with Gasteiger partial charge < -0.3 is 9.64 Å². The van der Waals surface area contributed by atoms with Gasteiger partial charge in [0.25, 0.3) is 0 Å². The number of alkyl halides is 1. The molecule has 0 aliphatic heterocycles. The zero-order valence-electron chi connectivity index (χ0n) is 11.5. The molecule has 0 heterocycles. The molecule has 1 unspecified atom stereocenters. The quantitative estimate of drug-likeness (QED) is 0.708. The van der Waals surface area contributed by atoms with E-state index < -0.39 is 9.84 Å². The van der Waals surface area contributed by atoms with Gasteiger partial charge in [0, 0.05) is 26.4 Å². The van der Waals surface area contributed by atoms with E-state index in [1.54, 1.807) is 26.2 Å². The normalized spacial score (nSPS) is 13.3. The largest absolute Gasteiger partial charge is 0.383 e. The van der Waals surface area contributed by atoms with Crippen LogP contribution in [0.15, 0.2) is 29.2 Å². The number of sulfone groups is 1. The monoisotopic (exact) mass is 349 g/mol. The molecule has 1 aromatic carbocycles. The van der Waals surface area contributed by atoms with Crippen LogP contribution in [0.25, 0.3) is 0 Å². The van der Waals surface area contributed by atoms with Crippen LogP contribution in [0.2, 0.25) is 0 Å². The van der Waals surface area contributed by atoms with Crippen molar-refractivity contribution in [2.24, 2.45) is 0 Å². The number of hydrogen-bond donors (Lipinski definition) is 0. The minimum Gasteiger partial charge on any atom is -0.383 e. The third-order valence-electron chi connectivity index (χ3n) is 2.84. The molecule has 0 aromatic heterocycles. The Hall–Kier alpha value is -0.590. The Bertz CT molecular complexity index is 487. The van der Waals surface area contributed by atoms with Crippen LogP contribution in [0.3, 0.4) is 0 Å². The molecule has 1 rings (SSSR count). The highest BCUT2D eigenvalue weighted by molar-refractivity contribution is 9.09. The molecule has 0 aliphatic carbocycles. The zero-order valence-corrected chi connectivity index (χ0v) is 13.9. The number of anilines is 1. The van der Waals surface area contributed by atoms with Gasteiger partial charge >= 0.3 is 0 Å². The maximum atomic E-state index is 11.7. The molecule has 0 aliphatic rings. The lowest BCUT2D eigenvalue weighted by Gasteiger charge is -2.22. The van der Waals surface area contributed by atoms with E-state index in [0.717, 1.165) is 12.2 Å². The second-order valence-corrected chi connectivity index (χ2v) is 7.90. The topological polar surface area (TPSA) is 46.6 Å². The first kappa shape index (κ1) is 16.5. The summed E-state index contributed by atoms with van der Waals surface area (Å²) in [4.78, 5) is 2.67. The fourth-order valence-corrected chi connectivity index (χ4v) is 3.29. The number of methoxy groups -OCH3 is 1. The van der Waals surface area contributed by atoms with Crippen molar-refractivity contribution in [1.82, 2.24) is 0 Å². The molecule has 0 saturated carbocycles. The fraction of sp³-hybridized carbons (Fsp3) is 0.538. The predicted molar refractivity (Wildman–Crippen MR) is 82.0 cm³/mol. The zero-order chi connectivity index (χ0) is 14.5. The molecular formula is C13H20BrNO3S. The Morgan fingerprint density at radius 2 is 1.89 bits per heavy atom. The number of rotatable bonds is 7. The average molecular weight is 350 g/mol. The summed E-state index contributed by atoms with van der Waals surface area (Å²) in [6.07, 6.45) is 0. The molecule has 0 saturated heterocycles. The maximum absolute atomic E-state index is 11.7. The summed E-state index contributed by atoms with van der Waals surface area (Å²) in [6, 6.07) is 6.97. The smallest absolute Gasteiger partial charge is 0.178 e. The second-order valence-electron chi connectivity index (χ2n) is 4.33. The van der Waals surface area contributed by atoms with Gasteiger partial charge in [-0.3, -0.25) is 0 Å². The lowest BCUT2D eigenvalue weighted by atomic mass is 10.3. The third kappa shape index (κ3) is 4.78. The molecule has 6 heteroatoms. The second kappa shape index (κ2) is 7.26. The molecule has 1 aromatic rings. The standard InChI is InChI=1S/C13H20BrNO3S/c1-4-19(16,17)13-7-5-12(6-8-13)15(2)9-11(14)10-18-3/h5-8,11H,4,9-10H2,1-3H3. The Morgan fingerprint density at radius 3 is 2.37 bits per heavy atom. The summed E-state index contributed by atoms with van der Waals surface area (Å²) >= 11 is 3.53. The van der Waals surface area contributed by atoms with Gasteiger partial charge in [0.1, 0.15) is 0 Å². The van der Waals surface area contributed by atoms with E-state index in [2.05, 4.69) is 20.8 Å². The highest BCUT2D eigenvalue weighted by atomic mass is 79.9. The number of nitrogens with zero attached hydrogens (tertiary/aromatic N) is 1. The molecule has 19 heavy (non-hydrogen) atoms. The van der Waals surface area contributed by atoms with Crippen LogP contribution in [-0.2, 0) is 14.6 Å². The van der Waals surface area contributed by atoms with Crippen molar-refractivity contribution in [2.75, 3.05) is 38.0 Å². The van der Waals surface area contributed by atoms with E-state index in [4.69, 9.17) is 4.74 Å². The lowest BCUT2D eigenvalue weighted by molar-refractivity contribution is 0.202. The van der Waals surface area contributed by atoms with Gasteiger partial charge in [-0.15, -0.1) is 0 Å². The molecule has 108 valence electrons. The SMILES string of the molecule is CCS(=O)(=O)c1ccc(N(C)CC(Br)COC)cc1. The van der Waals surface area contributed by atoms with E-state index in [9.17, 15) is 8.42 Å². The minimum absolute atomic E-state index is 0.125. The van der Waals surface area contributed by atoms with Gasteiger partial charge in [0.2, 0.25) is 0 Å². The van der Waals surface area contributed by atoms with Gasteiger partial charge in [-0.25, -0.2) is 8.42 Å². The molecular weight excluding hydrogens is 330 g/mol. The Kier molecular flexibility index (Phi) is 6.29. The number of halogens is 1. The predicted octanol–water partition coefficient (Wildman–Crippen LogP) is 2.33. The van der Waals surface area contributed by atoms with Crippen LogP contribution in [0.5, 0.6) is 0 Å². The van der Waals surface area contributed by atoms with Crippen LogP contribution < -0.4 is 4.90 Å². The fourth-order valence-electron chi connectivity index (χ4n) is 1.71. The first-order valence-electron chi connectivity index (χ1n) is 6.07. The Morgan fingerprint density at radius 1 is 1.32 bits per heavy atom. The van der Waals surface area contributed by atoms with E-state index in [-0.39, 0.29) is 10.6 Å². The van der Waals surface area contributed by atoms with Gasteiger partial charge in [0.15, 0.2) is 9.84 Å². The van der Waals surface area contributed by atoms with E-state index in [1.165, 1.54) is 0 Å². The van der Waals surface area contributed by atoms with Crippen molar-refractivity contribution in [1.29, 1.82) is 0 Å². The van der Waals surface area contributed by atoms with Gasteiger partial charge in [-0.1, -0.05) is 22.9 Å². The molecule has 0 N–H and O–H groups in total. The van der Waals surface area contributed by atoms with Gasteiger partial charge in [0.05, 0.1) is 22.1 Å². The van der Waals surface area contributed by atoms with E-state index in [0.29, 0.717) is 11.5 Å². The van der Waals surface area contributed by atoms with Crippen molar-refractivity contribution in [3.8, 4) is 0 Å². The van der Waals surface area contributed by atoms with Crippen molar-refractivity contribution in [3.05, 3.63) is 24.3 Å². The maximum Gasteiger partial charge on any atom is 0.178 e. The average Bonchev–Trinajstić information content (AvgIpc) is 2.39. The molecule has 4 nitrogen and oxygen atoms in total. The summed E-state index contributed by atoms with van der Waals surface area (Å²) in [5, 5.41) is 0. The van der Waals surface area contributed by atoms with Crippen molar-refractivity contribution in [2.45, 2.75) is 16.6 Å². The molecule has 1 atom stereocenters. The van der Waals surface area contributed by atoms with Gasteiger partial charge in [-0.05, 0) is 24.3 Å². The minimum atomic E-state index is -3.12. The van der Waals surface area contributed by atoms with Crippen molar-refractivity contribution >= 4 is 31.5 Å². The van der Waals surface area contributed by atoms with Crippen LogP contribution in [-0.4, -0.2) is 46.3 Å². The van der Waals surface area contributed by atoms with Crippen molar-refractivity contribution in [3.63, 3.8) is 0 Å². The Labute approximate surface area is 123 Å². The molecule has 0 radical (unpaired) electrons. The molecule has 0 spiro atoms. The summed E-state index contributed by atoms with van der Waals surface area (Å²) in [7, 11) is 0.511. The number of benzene rings is 1. The third-order valence-corrected chi connectivity index (χ3v) is 5.14. The van der Waals surface area contributed by atoms with E-state index in [1.807, 2.05) is 19.2 Å². The van der Waals surface area contributed by atoms with Crippen LogP contribution in [0.4, 0.5) is 5.69 Å². The Balaban J connectivity index is 2.76. The summed E-state index contributed by atoms with van der Waals surface area (Å²) in [6.45, 7) is 3.07. The first-order chi connectivity index (χ1) is 8.90. The number of ether oxygens (including phenoxy) is 1. The van der Waals surface area contributed by atoms with Crippen molar-refractivity contribution < 1.29 is 13.2 Å². The highest BCUT2D eigenvalue weighted by Crippen LogP contribution is 2.19. The van der Waals surface area contributed by atoms with E-state index >= 15 is 0 Å². The molecule has 0 fully saturated rings. The molecule has 0 bridgehead atoms. The van der Waals surface area contributed by atoms with Crippen LogP contribution in [0.1, 0.15) is 6.92 Å². The summed E-state index contributed by atoms with van der Waals surface area (Å²) in [5.74, 6) is 0.125. The summed E-state index contributed by atoms with van der Waals surface area (Å²) in [5.41, 5.74) is 0.982. The van der Waals surface area contributed by atoms with Crippen LogP contribution >= 0.6 is 15.9 Å². The highest BCUT2D eigenvalue weighted by Gasteiger charge is 2.13. The first-order valence-corrected chi connectivity index (χ1v) is 8.64. The lowest BCUT2D eigenvalue weighted by Crippen LogP contribution is -2.28. The van der Waals surface area contributed by atoms with Crippen LogP contribution in [0, 0.1) is 0 Å².